The van der Waals surface area contributed by atoms with E-state index in [-0.39, 0.29) is 24.4 Å². The van der Waals surface area contributed by atoms with E-state index in [1.54, 1.807) is 31.2 Å². The molecule has 5 heteroatoms. The first-order valence-corrected chi connectivity index (χ1v) is 5.63. The summed E-state index contributed by atoms with van der Waals surface area (Å²) >= 11 is 0. The number of nitrogens with zero attached hydrogens (tertiary/aromatic N) is 1. The van der Waals surface area contributed by atoms with Crippen molar-refractivity contribution >= 4 is 24.0 Å². The Kier molecular flexibility index (Phi) is 7.39. The lowest BCUT2D eigenvalue weighted by Gasteiger charge is -2.24. The number of anilines is 1. The predicted molar refractivity (Wildman–Crippen MR) is 75.9 cm³/mol. The first-order valence-electron chi connectivity index (χ1n) is 5.63. The topological polar surface area (TPSA) is 55.6 Å². The Bertz CT molecular complexity index is 368. The number of ether oxygens (including phenoxy) is 1. The Labute approximate surface area is 115 Å². The second-order valence-corrected chi connectivity index (χ2v) is 4.23. The summed E-state index contributed by atoms with van der Waals surface area (Å²) in [5.74, 6) is 0.0827. The lowest BCUT2D eigenvalue weighted by Crippen LogP contribution is -2.38. The number of hydrogen-bond donors (Lipinski definition) is 1. The predicted octanol–water partition coefficient (Wildman–Crippen LogP) is 1.73. The molecule has 0 aliphatic heterocycles. The number of carbonyl (C=O) groups is 1. The van der Waals surface area contributed by atoms with Crippen molar-refractivity contribution in [1.29, 1.82) is 0 Å². The van der Waals surface area contributed by atoms with Gasteiger partial charge in [-0.1, -0.05) is 12.1 Å². The zero-order valence-electron chi connectivity index (χ0n) is 11.1. The van der Waals surface area contributed by atoms with Crippen molar-refractivity contribution in [1.82, 2.24) is 4.90 Å². The van der Waals surface area contributed by atoms with Crippen LogP contribution in [0, 0.1) is 0 Å². The molecule has 0 saturated heterocycles. The van der Waals surface area contributed by atoms with Crippen LogP contribution in [0.4, 0.5) is 5.69 Å². The van der Waals surface area contributed by atoms with Gasteiger partial charge >= 0.3 is 0 Å². The highest BCUT2D eigenvalue weighted by Crippen LogP contribution is 2.08. The molecule has 0 radical (unpaired) electrons. The first kappa shape index (κ1) is 16.7. The van der Waals surface area contributed by atoms with Gasteiger partial charge in [-0.05, 0) is 24.6 Å². The van der Waals surface area contributed by atoms with Crippen molar-refractivity contribution in [3.63, 3.8) is 0 Å². The molecule has 0 aliphatic carbocycles. The quantitative estimate of drug-likeness (QED) is 0.831. The summed E-state index contributed by atoms with van der Waals surface area (Å²) < 4.78 is 5.03. The van der Waals surface area contributed by atoms with Crippen LogP contribution in [0.25, 0.3) is 0 Å². The minimum Gasteiger partial charge on any atom is -0.399 e. The molecule has 1 amide bonds. The molecule has 1 aromatic carbocycles. The minimum absolute atomic E-state index is 0. The average molecular weight is 273 g/mol. The lowest BCUT2D eigenvalue weighted by atomic mass is 10.1. The van der Waals surface area contributed by atoms with E-state index < -0.39 is 0 Å². The number of likely N-dealkylation sites (N-methyl/N-ethyl adjacent to an activating group) is 1. The maximum absolute atomic E-state index is 12.0. The summed E-state index contributed by atoms with van der Waals surface area (Å²) in [5.41, 5.74) is 7.28. The van der Waals surface area contributed by atoms with E-state index >= 15 is 0 Å². The van der Waals surface area contributed by atoms with Crippen LogP contribution in [0.3, 0.4) is 0 Å². The van der Waals surface area contributed by atoms with Crippen molar-refractivity contribution < 1.29 is 9.53 Å². The minimum atomic E-state index is 0. The van der Waals surface area contributed by atoms with Gasteiger partial charge in [-0.3, -0.25) is 4.79 Å². The monoisotopic (exact) mass is 272 g/mol. The second-order valence-electron chi connectivity index (χ2n) is 4.23. The zero-order valence-corrected chi connectivity index (χ0v) is 11.9. The molecule has 2 N–H and O–H groups in total. The van der Waals surface area contributed by atoms with Gasteiger partial charge in [0.2, 0.25) is 5.91 Å². The molecule has 4 nitrogen and oxygen atoms in total. The number of nitrogen functional groups attached to an aromatic ring is 1. The van der Waals surface area contributed by atoms with E-state index in [4.69, 9.17) is 10.5 Å². The number of methoxy groups -OCH3 is 1. The number of nitrogens with two attached hydrogens (primary N) is 1. The highest BCUT2D eigenvalue weighted by molar-refractivity contribution is 5.85. The number of hydrogen-bond acceptors (Lipinski definition) is 3. The van der Waals surface area contributed by atoms with Crippen LogP contribution in [0.5, 0.6) is 0 Å². The Morgan fingerprint density at radius 1 is 1.39 bits per heavy atom. The molecule has 0 aliphatic rings. The molecule has 1 unspecified atom stereocenters. The van der Waals surface area contributed by atoms with Gasteiger partial charge in [0, 0.05) is 19.8 Å². The fraction of sp³-hybridized carbons (Fsp3) is 0.462. The molecule has 0 saturated carbocycles. The SMILES string of the molecule is COCC(C)N(C)C(=O)Cc1ccc(N)cc1.Cl. The largest absolute Gasteiger partial charge is 0.399 e. The van der Waals surface area contributed by atoms with E-state index in [0.717, 1.165) is 5.56 Å². The van der Waals surface area contributed by atoms with Gasteiger partial charge in [0.1, 0.15) is 0 Å². The first-order chi connectivity index (χ1) is 8.04. The van der Waals surface area contributed by atoms with E-state index in [9.17, 15) is 4.79 Å². The Balaban J connectivity index is 0.00000289. The summed E-state index contributed by atoms with van der Waals surface area (Å²) in [6.07, 6.45) is 0.394. The molecule has 1 atom stereocenters. The normalized spacial score (nSPS) is 11.5. The molecule has 102 valence electrons. The van der Waals surface area contributed by atoms with Gasteiger partial charge in [0.15, 0.2) is 0 Å². The fourth-order valence-electron chi connectivity index (χ4n) is 1.53. The smallest absolute Gasteiger partial charge is 0.227 e. The highest BCUT2D eigenvalue weighted by Gasteiger charge is 2.15. The second kappa shape index (κ2) is 7.95. The average Bonchev–Trinajstić information content (AvgIpc) is 2.31. The van der Waals surface area contributed by atoms with Gasteiger partial charge in [-0.2, -0.15) is 0 Å². The summed E-state index contributed by atoms with van der Waals surface area (Å²) in [5, 5.41) is 0. The van der Waals surface area contributed by atoms with E-state index in [0.29, 0.717) is 18.7 Å². The third-order valence-electron chi connectivity index (χ3n) is 2.80. The van der Waals surface area contributed by atoms with Crippen LogP contribution < -0.4 is 5.73 Å². The fourth-order valence-corrected chi connectivity index (χ4v) is 1.53. The number of carbonyl (C=O) groups excluding carboxylic acids is 1. The molecule has 18 heavy (non-hydrogen) atoms. The Hall–Kier alpha value is -1.26. The van der Waals surface area contributed by atoms with Crippen molar-refractivity contribution in [2.45, 2.75) is 19.4 Å². The summed E-state index contributed by atoms with van der Waals surface area (Å²) in [6, 6.07) is 7.45. The number of amides is 1. The van der Waals surface area contributed by atoms with Crippen LogP contribution in [0.2, 0.25) is 0 Å². The van der Waals surface area contributed by atoms with Crippen molar-refractivity contribution in [3.05, 3.63) is 29.8 Å². The molecule has 0 heterocycles. The van der Waals surface area contributed by atoms with E-state index in [1.165, 1.54) is 0 Å². The van der Waals surface area contributed by atoms with Crippen LogP contribution in [0.1, 0.15) is 12.5 Å². The molecule has 1 rings (SSSR count). The maximum Gasteiger partial charge on any atom is 0.227 e. The zero-order chi connectivity index (χ0) is 12.8. The van der Waals surface area contributed by atoms with Crippen LogP contribution in [-0.2, 0) is 16.0 Å². The van der Waals surface area contributed by atoms with Crippen molar-refractivity contribution in [2.75, 3.05) is 26.5 Å². The van der Waals surface area contributed by atoms with Gasteiger partial charge in [-0.25, -0.2) is 0 Å². The number of rotatable bonds is 5. The molecule has 0 bridgehead atoms. The standard InChI is InChI=1S/C13H20N2O2.ClH/c1-10(9-17-3)15(2)13(16)8-11-4-6-12(14)7-5-11;/h4-7,10H,8-9,14H2,1-3H3;1H. The van der Waals surface area contributed by atoms with Crippen LogP contribution in [0.15, 0.2) is 24.3 Å². The van der Waals surface area contributed by atoms with Gasteiger partial charge in [0.25, 0.3) is 0 Å². The van der Waals surface area contributed by atoms with Crippen molar-refractivity contribution in [2.24, 2.45) is 0 Å². The van der Waals surface area contributed by atoms with Gasteiger partial charge in [-0.15, -0.1) is 12.4 Å². The highest BCUT2D eigenvalue weighted by atomic mass is 35.5. The summed E-state index contributed by atoms with van der Waals surface area (Å²) in [7, 11) is 3.43. The summed E-state index contributed by atoms with van der Waals surface area (Å²) in [4.78, 5) is 13.7. The maximum atomic E-state index is 12.0. The van der Waals surface area contributed by atoms with Crippen LogP contribution >= 0.6 is 12.4 Å². The van der Waals surface area contributed by atoms with Gasteiger partial charge in [0.05, 0.1) is 19.1 Å². The Morgan fingerprint density at radius 3 is 2.44 bits per heavy atom. The third-order valence-corrected chi connectivity index (χ3v) is 2.80. The van der Waals surface area contributed by atoms with Gasteiger partial charge < -0.3 is 15.4 Å². The van der Waals surface area contributed by atoms with E-state index in [1.807, 2.05) is 19.1 Å². The molecular weight excluding hydrogens is 252 g/mol. The van der Waals surface area contributed by atoms with E-state index in [2.05, 4.69) is 0 Å². The van der Waals surface area contributed by atoms with Crippen LogP contribution in [-0.4, -0.2) is 37.6 Å². The Morgan fingerprint density at radius 2 is 1.94 bits per heavy atom. The lowest BCUT2D eigenvalue weighted by molar-refractivity contribution is -0.131. The number of benzene rings is 1. The molecular formula is C13H21ClN2O2. The molecule has 0 fully saturated rings. The molecule has 0 aromatic heterocycles. The van der Waals surface area contributed by atoms with Crippen molar-refractivity contribution in [3.8, 4) is 0 Å². The molecule has 0 spiro atoms. The summed E-state index contributed by atoms with van der Waals surface area (Å²) in [6.45, 7) is 2.51. The third kappa shape index (κ3) is 4.94. The number of halogens is 1. The molecule has 1 aromatic rings.